The zero-order valence-corrected chi connectivity index (χ0v) is 10.1. The molecule has 5 nitrogen and oxygen atoms in total. The number of morpholine rings is 1. The zero-order valence-electron chi connectivity index (χ0n) is 10.1. The van der Waals surface area contributed by atoms with Crippen LogP contribution in [0.3, 0.4) is 0 Å². The first-order valence-electron chi connectivity index (χ1n) is 6.06. The van der Waals surface area contributed by atoms with E-state index >= 15 is 0 Å². The number of nitrogens with one attached hydrogen (secondary N) is 1. The second-order valence-corrected chi connectivity index (χ2v) is 4.45. The number of ether oxygens (including phenoxy) is 1. The highest BCUT2D eigenvalue weighted by Gasteiger charge is 2.16. The number of carboxylic acids is 1. The molecule has 4 N–H and O–H groups in total. The highest BCUT2D eigenvalue weighted by atomic mass is 16.5. The Kier molecular flexibility index (Phi) is 4.30. The van der Waals surface area contributed by atoms with Crippen LogP contribution in [0.15, 0.2) is 24.3 Å². The third kappa shape index (κ3) is 3.29. The van der Waals surface area contributed by atoms with Gasteiger partial charge in [0, 0.05) is 13.1 Å². The molecular weight excluding hydrogens is 232 g/mol. The topological polar surface area (TPSA) is 84.6 Å². The molecule has 1 aliphatic rings. The Labute approximate surface area is 106 Å². The predicted molar refractivity (Wildman–Crippen MR) is 67.3 cm³/mol. The van der Waals surface area contributed by atoms with Gasteiger partial charge in [0.05, 0.1) is 12.7 Å². The maximum atomic E-state index is 10.7. The molecule has 1 saturated heterocycles. The molecular formula is C13H18N2O3. The van der Waals surface area contributed by atoms with Gasteiger partial charge in [0.2, 0.25) is 0 Å². The first-order chi connectivity index (χ1) is 8.66. The molecule has 2 atom stereocenters. The van der Waals surface area contributed by atoms with Crippen LogP contribution >= 0.6 is 0 Å². The third-order valence-corrected chi connectivity index (χ3v) is 3.05. The van der Waals surface area contributed by atoms with E-state index in [1.54, 1.807) is 0 Å². The van der Waals surface area contributed by atoms with Crippen LogP contribution in [0.5, 0.6) is 0 Å². The van der Waals surface area contributed by atoms with Gasteiger partial charge in [-0.1, -0.05) is 24.3 Å². The summed E-state index contributed by atoms with van der Waals surface area (Å²) >= 11 is 0. The number of hydrogen-bond acceptors (Lipinski definition) is 4. The minimum atomic E-state index is -0.973. The Morgan fingerprint density at radius 2 is 2.22 bits per heavy atom. The molecule has 1 fully saturated rings. The molecule has 0 aliphatic carbocycles. The molecule has 1 aromatic rings. The number of hydrogen-bond donors (Lipinski definition) is 3. The molecule has 0 bridgehead atoms. The van der Waals surface area contributed by atoms with Gasteiger partial charge in [-0.25, -0.2) is 0 Å². The summed E-state index contributed by atoms with van der Waals surface area (Å²) < 4.78 is 5.64. The Morgan fingerprint density at radius 3 is 2.78 bits per heavy atom. The first kappa shape index (κ1) is 13.0. The summed E-state index contributed by atoms with van der Waals surface area (Å²) in [4.78, 5) is 10.7. The highest BCUT2D eigenvalue weighted by Crippen LogP contribution is 2.19. The molecule has 1 aromatic carbocycles. The van der Waals surface area contributed by atoms with E-state index in [2.05, 4.69) is 5.32 Å². The summed E-state index contributed by atoms with van der Waals surface area (Å²) in [5, 5.41) is 12.0. The maximum Gasteiger partial charge on any atom is 0.320 e. The fourth-order valence-electron chi connectivity index (χ4n) is 1.99. The lowest BCUT2D eigenvalue weighted by atomic mass is 10.0. The van der Waals surface area contributed by atoms with Gasteiger partial charge in [0.1, 0.15) is 6.04 Å². The fraction of sp³-hybridized carbons (Fsp3) is 0.462. The second kappa shape index (κ2) is 5.95. The van der Waals surface area contributed by atoms with Gasteiger partial charge in [-0.15, -0.1) is 0 Å². The number of benzene rings is 1. The molecule has 1 aliphatic heterocycles. The lowest BCUT2D eigenvalue weighted by Crippen LogP contribution is -2.33. The van der Waals surface area contributed by atoms with Crippen LogP contribution in [-0.4, -0.2) is 36.8 Å². The molecule has 18 heavy (non-hydrogen) atoms. The van der Waals surface area contributed by atoms with Crippen LogP contribution in [0.2, 0.25) is 0 Å². The largest absolute Gasteiger partial charge is 0.480 e. The lowest BCUT2D eigenvalue weighted by molar-refractivity contribution is -0.138. The van der Waals surface area contributed by atoms with Gasteiger partial charge in [-0.05, 0) is 17.5 Å². The van der Waals surface area contributed by atoms with E-state index in [4.69, 9.17) is 15.6 Å². The van der Waals surface area contributed by atoms with E-state index in [-0.39, 0.29) is 6.10 Å². The number of carboxylic acid groups (broad SMARTS) is 1. The molecule has 0 spiro atoms. The first-order valence-corrected chi connectivity index (χ1v) is 6.06. The van der Waals surface area contributed by atoms with E-state index in [1.165, 1.54) is 0 Å². The molecule has 2 rings (SSSR count). The average molecular weight is 250 g/mol. The zero-order chi connectivity index (χ0) is 13.0. The summed E-state index contributed by atoms with van der Waals surface area (Å²) in [5.41, 5.74) is 7.53. The van der Waals surface area contributed by atoms with Gasteiger partial charge < -0.3 is 20.9 Å². The van der Waals surface area contributed by atoms with Gasteiger partial charge in [0.25, 0.3) is 0 Å². The van der Waals surface area contributed by atoms with E-state index < -0.39 is 12.0 Å². The van der Waals surface area contributed by atoms with Crippen LogP contribution in [0, 0.1) is 0 Å². The van der Waals surface area contributed by atoms with Crippen molar-refractivity contribution < 1.29 is 14.6 Å². The summed E-state index contributed by atoms with van der Waals surface area (Å²) in [5.74, 6) is -0.973. The van der Waals surface area contributed by atoms with Crippen molar-refractivity contribution in [3.8, 4) is 0 Å². The van der Waals surface area contributed by atoms with Crippen LogP contribution in [0.4, 0.5) is 0 Å². The van der Waals surface area contributed by atoms with Gasteiger partial charge in [0.15, 0.2) is 0 Å². The summed E-state index contributed by atoms with van der Waals surface area (Å²) in [6, 6.07) is 6.93. The number of nitrogens with two attached hydrogens (primary N) is 1. The van der Waals surface area contributed by atoms with Crippen molar-refractivity contribution in [2.24, 2.45) is 5.73 Å². The molecule has 0 saturated carbocycles. The van der Waals surface area contributed by atoms with Crippen molar-refractivity contribution in [3.63, 3.8) is 0 Å². The number of aliphatic carboxylic acids is 1. The SMILES string of the molecule is NC(Cc1ccc(C2CNCCO2)cc1)C(=O)O. The van der Waals surface area contributed by atoms with Crippen molar-refractivity contribution in [1.82, 2.24) is 5.32 Å². The van der Waals surface area contributed by atoms with E-state index in [0.717, 1.165) is 30.8 Å². The minimum Gasteiger partial charge on any atom is -0.480 e. The predicted octanol–water partition coefficient (Wildman–Crippen LogP) is 0.302. The Balaban J connectivity index is 1.98. The van der Waals surface area contributed by atoms with Gasteiger partial charge >= 0.3 is 5.97 Å². The fourth-order valence-corrected chi connectivity index (χ4v) is 1.99. The smallest absolute Gasteiger partial charge is 0.320 e. The summed E-state index contributed by atoms with van der Waals surface area (Å²) in [6.07, 6.45) is 0.431. The van der Waals surface area contributed by atoms with Crippen LogP contribution in [-0.2, 0) is 16.0 Å². The Hall–Kier alpha value is -1.43. The molecule has 0 amide bonds. The number of rotatable bonds is 4. The second-order valence-electron chi connectivity index (χ2n) is 4.45. The molecule has 2 unspecified atom stereocenters. The van der Waals surface area contributed by atoms with Crippen LogP contribution in [0.1, 0.15) is 17.2 Å². The summed E-state index contributed by atoms with van der Waals surface area (Å²) in [7, 11) is 0. The molecule has 5 heteroatoms. The Morgan fingerprint density at radius 1 is 1.50 bits per heavy atom. The molecule has 0 radical (unpaired) electrons. The van der Waals surface area contributed by atoms with Crippen molar-refractivity contribution in [3.05, 3.63) is 35.4 Å². The Bertz CT molecular complexity index is 399. The molecule has 0 aromatic heterocycles. The maximum absolute atomic E-state index is 10.7. The van der Waals surface area contributed by atoms with E-state index in [1.807, 2.05) is 24.3 Å². The number of carbonyl (C=O) groups is 1. The van der Waals surface area contributed by atoms with Crippen molar-refractivity contribution in [2.45, 2.75) is 18.6 Å². The monoisotopic (exact) mass is 250 g/mol. The van der Waals surface area contributed by atoms with E-state index in [0.29, 0.717) is 6.42 Å². The summed E-state index contributed by atoms with van der Waals surface area (Å²) in [6.45, 7) is 2.42. The van der Waals surface area contributed by atoms with Crippen molar-refractivity contribution >= 4 is 5.97 Å². The van der Waals surface area contributed by atoms with Crippen molar-refractivity contribution in [2.75, 3.05) is 19.7 Å². The third-order valence-electron chi connectivity index (χ3n) is 3.05. The molecule has 98 valence electrons. The lowest BCUT2D eigenvalue weighted by Gasteiger charge is -2.24. The standard InChI is InChI=1S/C13H18N2O3/c14-11(13(16)17)7-9-1-3-10(4-2-9)12-8-15-5-6-18-12/h1-4,11-12,15H,5-8,14H2,(H,16,17). The average Bonchev–Trinajstić information content (AvgIpc) is 2.40. The van der Waals surface area contributed by atoms with Crippen molar-refractivity contribution in [1.29, 1.82) is 0 Å². The molecule has 1 heterocycles. The van der Waals surface area contributed by atoms with Crippen LogP contribution < -0.4 is 11.1 Å². The van der Waals surface area contributed by atoms with Gasteiger partial charge in [-0.3, -0.25) is 4.79 Å². The highest BCUT2D eigenvalue weighted by molar-refractivity contribution is 5.73. The van der Waals surface area contributed by atoms with Gasteiger partial charge in [-0.2, -0.15) is 0 Å². The normalized spacial score (nSPS) is 21.5. The quantitative estimate of drug-likeness (QED) is 0.716. The van der Waals surface area contributed by atoms with Crippen LogP contribution in [0.25, 0.3) is 0 Å². The van der Waals surface area contributed by atoms with E-state index in [9.17, 15) is 4.79 Å². The minimum absolute atomic E-state index is 0.0842.